The van der Waals surface area contributed by atoms with Crippen LogP contribution in [0, 0.1) is 10.1 Å². The van der Waals surface area contributed by atoms with Crippen LogP contribution >= 0.6 is 0 Å². The molecule has 0 aliphatic heterocycles. The number of allylic oxidation sites excluding steroid dienone is 1. The fourth-order valence-corrected chi connectivity index (χ4v) is 1.11. The molecule has 0 unspecified atom stereocenters. The van der Waals surface area contributed by atoms with Gasteiger partial charge in [0.2, 0.25) is 0 Å². The highest BCUT2D eigenvalue weighted by Crippen LogP contribution is 2.43. The van der Waals surface area contributed by atoms with Crippen LogP contribution in [0.1, 0.15) is 5.56 Å². The standard InChI is InChI=1S/C10H7F4NO2/c1-2-9(11,12)10(13,14)7-3-5-8(6-4-7)15(16)17/h2-6H,1H2. The van der Waals surface area contributed by atoms with Crippen molar-refractivity contribution in [2.45, 2.75) is 11.8 Å². The Balaban J connectivity index is 3.16. The summed E-state index contributed by atoms with van der Waals surface area (Å²) in [5, 5.41) is 10.3. The molecule has 0 atom stereocenters. The van der Waals surface area contributed by atoms with E-state index in [2.05, 4.69) is 6.58 Å². The molecule has 0 heterocycles. The SMILES string of the molecule is C=CC(F)(F)C(F)(F)c1ccc([N+](=O)[O-])cc1. The van der Waals surface area contributed by atoms with E-state index >= 15 is 0 Å². The highest BCUT2D eigenvalue weighted by atomic mass is 19.3. The van der Waals surface area contributed by atoms with Gasteiger partial charge in [0.1, 0.15) is 0 Å². The number of nitrogens with zero attached hydrogens (tertiary/aromatic N) is 1. The van der Waals surface area contributed by atoms with Crippen molar-refractivity contribution in [3.05, 3.63) is 52.6 Å². The highest BCUT2D eigenvalue weighted by molar-refractivity contribution is 5.36. The molecule has 0 aliphatic carbocycles. The van der Waals surface area contributed by atoms with Gasteiger partial charge in [0.25, 0.3) is 5.69 Å². The Morgan fingerprint density at radius 1 is 1.18 bits per heavy atom. The number of nitro groups is 1. The normalized spacial score (nSPS) is 12.2. The van der Waals surface area contributed by atoms with Crippen molar-refractivity contribution in [3.63, 3.8) is 0 Å². The van der Waals surface area contributed by atoms with Gasteiger partial charge in [-0.05, 0) is 18.2 Å². The van der Waals surface area contributed by atoms with E-state index in [0.29, 0.717) is 12.1 Å². The smallest absolute Gasteiger partial charge is 0.258 e. The molecule has 0 saturated carbocycles. The lowest BCUT2D eigenvalue weighted by atomic mass is 10.0. The van der Waals surface area contributed by atoms with E-state index < -0.39 is 28.0 Å². The second-order valence-electron chi connectivity index (χ2n) is 3.21. The predicted molar refractivity (Wildman–Crippen MR) is 52.1 cm³/mol. The quantitative estimate of drug-likeness (QED) is 0.354. The van der Waals surface area contributed by atoms with Gasteiger partial charge in [-0.3, -0.25) is 10.1 Å². The van der Waals surface area contributed by atoms with E-state index in [9.17, 15) is 27.7 Å². The first kappa shape index (κ1) is 13.1. The molecular weight excluding hydrogens is 242 g/mol. The first-order valence-electron chi connectivity index (χ1n) is 4.36. The third-order valence-corrected chi connectivity index (χ3v) is 2.12. The van der Waals surface area contributed by atoms with E-state index in [1.165, 1.54) is 0 Å². The second kappa shape index (κ2) is 4.15. The first-order valence-corrected chi connectivity index (χ1v) is 4.36. The second-order valence-corrected chi connectivity index (χ2v) is 3.21. The van der Waals surface area contributed by atoms with Crippen LogP contribution in [0.15, 0.2) is 36.9 Å². The van der Waals surface area contributed by atoms with Crippen LogP contribution in [0.25, 0.3) is 0 Å². The van der Waals surface area contributed by atoms with Crippen LogP contribution in [0.5, 0.6) is 0 Å². The summed E-state index contributed by atoms with van der Waals surface area (Å²) < 4.78 is 52.3. The summed E-state index contributed by atoms with van der Waals surface area (Å²) in [5.74, 6) is -8.87. The van der Waals surface area contributed by atoms with Crippen LogP contribution < -0.4 is 0 Å². The molecule has 1 aromatic carbocycles. The predicted octanol–water partition coefficient (Wildman–Crippen LogP) is 3.51. The van der Waals surface area contributed by atoms with E-state index in [-0.39, 0.29) is 6.08 Å². The third-order valence-electron chi connectivity index (χ3n) is 2.12. The van der Waals surface area contributed by atoms with Gasteiger partial charge in [-0.1, -0.05) is 6.58 Å². The van der Waals surface area contributed by atoms with E-state index in [1.54, 1.807) is 0 Å². The molecule has 0 saturated heterocycles. The van der Waals surface area contributed by atoms with Gasteiger partial charge in [0.05, 0.1) is 4.92 Å². The van der Waals surface area contributed by atoms with Crippen molar-refractivity contribution in [2.24, 2.45) is 0 Å². The number of non-ortho nitro benzene ring substituents is 1. The molecule has 0 bridgehead atoms. The molecule has 0 fully saturated rings. The Morgan fingerprint density at radius 3 is 2.00 bits per heavy atom. The Labute approximate surface area is 93.5 Å². The topological polar surface area (TPSA) is 43.1 Å². The van der Waals surface area contributed by atoms with Crippen LogP contribution in [0.2, 0.25) is 0 Å². The average Bonchev–Trinajstić information content (AvgIpc) is 2.28. The van der Waals surface area contributed by atoms with Crippen LogP contribution in [0.4, 0.5) is 23.2 Å². The van der Waals surface area contributed by atoms with Crippen molar-refractivity contribution in [3.8, 4) is 0 Å². The van der Waals surface area contributed by atoms with Crippen LogP contribution in [-0.4, -0.2) is 10.8 Å². The number of rotatable bonds is 4. The van der Waals surface area contributed by atoms with Gasteiger partial charge < -0.3 is 0 Å². The van der Waals surface area contributed by atoms with Crippen molar-refractivity contribution in [1.29, 1.82) is 0 Å². The summed E-state index contributed by atoms with van der Waals surface area (Å²) in [5.41, 5.74) is -1.46. The monoisotopic (exact) mass is 249 g/mol. The lowest BCUT2D eigenvalue weighted by Crippen LogP contribution is -2.35. The number of hydrogen-bond donors (Lipinski definition) is 0. The van der Waals surface area contributed by atoms with Gasteiger partial charge in [-0.25, -0.2) is 0 Å². The molecular formula is C10H7F4NO2. The maximum Gasteiger partial charge on any atom is 0.339 e. The van der Waals surface area contributed by atoms with E-state index in [4.69, 9.17) is 0 Å². The van der Waals surface area contributed by atoms with E-state index in [0.717, 1.165) is 12.1 Å². The molecule has 1 rings (SSSR count). The Bertz CT molecular complexity index is 442. The van der Waals surface area contributed by atoms with Crippen molar-refractivity contribution >= 4 is 5.69 Å². The van der Waals surface area contributed by atoms with Gasteiger partial charge in [0, 0.05) is 17.7 Å². The summed E-state index contributed by atoms with van der Waals surface area (Å²) in [6.07, 6.45) is -0.158. The minimum absolute atomic E-state index is 0.158. The minimum atomic E-state index is -4.45. The largest absolute Gasteiger partial charge is 0.339 e. The summed E-state index contributed by atoms with van der Waals surface area (Å²) in [6.45, 7) is 2.63. The highest BCUT2D eigenvalue weighted by Gasteiger charge is 2.55. The van der Waals surface area contributed by atoms with E-state index in [1.807, 2.05) is 0 Å². The molecule has 3 nitrogen and oxygen atoms in total. The van der Waals surface area contributed by atoms with Crippen molar-refractivity contribution < 1.29 is 22.5 Å². The van der Waals surface area contributed by atoms with Crippen LogP contribution in [0.3, 0.4) is 0 Å². The first-order chi connectivity index (χ1) is 7.72. The molecule has 0 spiro atoms. The molecule has 0 aromatic heterocycles. The zero-order chi connectivity index (χ0) is 13.3. The van der Waals surface area contributed by atoms with Gasteiger partial charge >= 0.3 is 11.8 Å². The summed E-state index contributed by atoms with van der Waals surface area (Å²) in [4.78, 5) is 9.46. The number of halogens is 4. The molecule has 7 heteroatoms. The fourth-order valence-electron chi connectivity index (χ4n) is 1.11. The zero-order valence-electron chi connectivity index (χ0n) is 8.37. The number of benzene rings is 1. The number of hydrogen-bond acceptors (Lipinski definition) is 2. The summed E-state index contributed by atoms with van der Waals surface area (Å²) >= 11 is 0. The van der Waals surface area contributed by atoms with Crippen molar-refractivity contribution in [1.82, 2.24) is 0 Å². The minimum Gasteiger partial charge on any atom is -0.258 e. The van der Waals surface area contributed by atoms with Gasteiger partial charge in [0.15, 0.2) is 0 Å². The molecule has 0 amide bonds. The van der Waals surface area contributed by atoms with Crippen LogP contribution in [-0.2, 0) is 5.92 Å². The molecule has 0 radical (unpaired) electrons. The summed E-state index contributed by atoms with van der Waals surface area (Å²) in [6, 6.07) is 2.66. The molecule has 1 aromatic rings. The zero-order valence-corrected chi connectivity index (χ0v) is 8.37. The maximum atomic E-state index is 13.3. The number of nitro benzene ring substituents is 1. The molecule has 0 aliphatic rings. The average molecular weight is 249 g/mol. The maximum absolute atomic E-state index is 13.3. The lowest BCUT2D eigenvalue weighted by Gasteiger charge is -2.23. The van der Waals surface area contributed by atoms with Gasteiger partial charge in [-0.15, -0.1) is 0 Å². The number of alkyl halides is 4. The van der Waals surface area contributed by atoms with Gasteiger partial charge in [-0.2, -0.15) is 17.6 Å². The molecule has 92 valence electrons. The lowest BCUT2D eigenvalue weighted by molar-refractivity contribution is -0.384. The Kier molecular flexibility index (Phi) is 3.21. The third kappa shape index (κ3) is 2.27. The molecule has 17 heavy (non-hydrogen) atoms. The Morgan fingerprint density at radius 2 is 1.65 bits per heavy atom. The fraction of sp³-hybridized carbons (Fsp3) is 0.200. The summed E-state index contributed by atoms with van der Waals surface area (Å²) in [7, 11) is 0. The molecule has 0 N–H and O–H groups in total. The Hall–Kier alpha value is -1.92. The van der Waals surface area contributed by atoms with Crippen molar-refractivity contribution in [2.75, 3.05) is 0 Å².